The average Bonchev–Trinajstić information content (AvgIpc) is 2.75. The maximum absolute atomic E-state index is 12.5. The molecule has 1 aliphatic heterocycles. The van der Waals surface area contributed by atoms with Crippen molar-refractivity contribution >= 4 is 23.4 Å². The second-order valence-electron chi connectivity index (χ2n) is 4.02. The first-order chi connectivity index (χ1) is 8.77. The van der Waals surface area contributed by atoms with Crippen LogP contribution in [0.5, 0.6) is 0 Å². The molecule has 2 aromatic carbocycles. The van der Waals surface area contributed by atoms with Crippen LogP contribution in [0.4, 0.5) is 5.69 Å². The molecule has 0 bridgehead atoms. The number of fused-ring (bicyclic) bond motifs is 1. The minimum absolute atomic E-state index is 0.0550. The standard InChI is InChI=1S/C14H12N2OS/c15-14-16(11-8-4-5-9-12(11)18-14)13(17)10-6-2-1-3-7-10/h1-9,14H,15H2. The highest BCUT2D eigenvalue weighted by Crippen LogP contribution is 2.41. The Hall–Kier alpha value is -1.78. The molecule has 18 heavy (non-hydrogen) atoms. The quantitative estimate of drug-likeness (QED) is 0.853. The number of hydrogen-bond donors (Lipinski definition) is 1. The lowest BCUT2D eigenvalue weighted by molar-refractivity contribution is 0.0985. The van der Waals surface area contributed by atoms with E-state index >= 15 is 0 Å². The van der Waals surface area contributed by atoms with E-state index in [1.807, 2.05) is 42.5 Å². The van der Waals surface area contributed by atoms with E-state index < -0.39 is 0 Å². The van der Waals surface area contributed by atoms with Gasteiger partial charge in [-0.05, 0) is 24.3 Å². The number of carbonyl (C=O) groups excluding carboxylic acids is 1. The molecular formula is C14H12N2OS. The Kier molecular flexibility index (Phi) is 2.81. The molecule has 3 rings (SSSR count). The molecule has 0 saturated heterocycles. The van der Waals surface area contributed by atoms with Gasteiger partial charge in [-0.2, -0.15) is 0 Å². The van der Waals surface area contributed by atoms with Crippen LogP contribution in [0, 0.1) is 0 Å². The molecule has 2 aromatic rings. The lowest BCUT2D eigenvalue weighted by Gasteiger charge is -2.21. The Bertz CT molecular complexity index is 585. The predicted molar refractivity (Wildman–Crippen MR) is 73.5 cm³/mol. The van der Waals surface area contributed by atoms with Gasteiger partial charge in [0.2, 0.25) is 0 Å². The van der Waals surface area contributed by atoms with Gasteiger partial charge < -0.3 is 5.73 Å². The lowest BCUT2D eigenvalue weighted by Crippen LogP contribution is -2.41. The van der Waals surface area contributed by atoms with E-state index in [4.69, 9.17) is 5.73 Å². The van der Waals surface area contributed by atoms with Gasteiger partial charge in [0.05, 0.1) is 5.69 Å². The zero-order valence-electron chi connectivity index (χ0n) is 9.61. The van der Waals surface area contributed by atoms with Crippen LogP contribution in [0.25, 0.3) is 0 Å². The number of benzene rings is 2. The molecule has 3 nitrogen and oxygen atoms in total. The van der Waals surface area contributed by atoms with Gasteiger partial charge in [0.15, 0.2) is 0 Å². The van der Waals surface area contributed by atoms with Crippen LogP contribution in [0.1, 0.15) is 10.4 Å². The van der Waals surface area contributed by atoms with Crippen LogP contribution in [-0.4, -0.2) is 11.4 Å². The minimum Gasteiger partial charge on any atom is -0.302 e. The summed E-state index contributed by atoms with van der Waals surface area (Å²) in [7, 11) is 0. The molecule has 0 saturated carbocycles. The number of anilines is 1. The van der Waals surface area contributed by atoms with Crippen molar-refractivity contribution in [3.8, 4) is 0 Å². The number of amides is 1. The molecule has 0 spiro atoms. The highest BCUT2D eigenvalue weighted by atomic mass is 32.2. The van der Waals surface area contributed by atoms with Gasteiger partial charge in [-0.15, -0.1) is 0 Å². The van der Waals surface area contributed by atoms with Crippen molar-refractivity contribution in [2.75, 3.05) is 4.90 Å². The van der Waals surface area contributed by atoms with Gasteiger partial charge in [-0.3, -0.25) is 9.69 Å². The van der Waals surface area contributed by atoms with E-state index in [9.17, 15) is 4.79 Å². The van der Waals surface area contributed by atoms with E-state index in [1.165, 1.54) is 11.8 Å². The first kappa shape index (κ1) is 11.3. The Labute approximate surface area is 110 Å². The number of hydrogen-bond acceptors (Lipinski definition) is 3. The summed E-state index contributed by atoms with van der Waals surface area (Å²) in [6.45, 7) is 0. The molecule has 90 valence electrons. The van der Waals surface area contributed by atoms with Crippen LogP contribution in [0.2, 0.25) is 0 Å². The summed E-state index contributed by atoms with van der Waals surface area (Å²) in [5.41, 5.74) is 7.23. The Morgan fingerprint density at radius 3 is 2.50 bits per heavy atom. The molecule has 1 heterocycles. The molecule has 1 aliphatic rings. The van der Waals surface area contributed by atoms with Crippen molar-refractivity contribution in [2.24, 2.45) is 5.73 Å². The van der Waals surface area contributed by atoms with Crippen molar-refractivity contribution in [3.63, 3.8) is 0 Å². The Balaban J connectivity index is 2.00. The van der Waals surface area contributed by atoms with E-state index in [-0.39, 0.29) is 11.4 Å². The van der Waals surface area contributed by atoms with Crippen LogP contribution >= 0.6 is 11.8 Å². The SMILES string of the molecule is NC1Sc2ccccc2N1C(=O)c1ccccc1. The third-order valence-corrected chi connectivity index (χ3v) is 3.92. The largest absolute Gasteiger partial charge is 0.302 e. The highest BCUT2D eigenvalue weighted by molar-refractivity contribution is 8.00. The summed E-state index contributed by atoms with van der Waals surface area (Å²) in [5.74, 6) is -0.0550. The summed E-state index contributed by atoms with van der Waals surface area (Å²) < 4.78 is 0. The third kappa shape index (κ3) is 1.79. The second kappa shape index (κ2) is 4.48. The van der Waals surface area contributed by atoms with Gasteiger partial charge >= 0.3 is 0 Å². The van der Waals surface area contributed by atoms with E-state index in [2.05, 4.69) is 0 Å². The molecule has 1 unspecified atom stereocenters. The van der Waals surface area contributed by atoms with Crippen molar-refractivity contribution in [2.45, 2.75) is 10.4 Å². The summed E-state index contributed by atoms with van der Waals surface area (Å²) in [4.78, 5) is 15.2. The number of para-hydroxylation sites is 1. The number of thioether (sulfide) groups is 1. The summed E-state index contributed by atoms with van der Waals surface area (Å²) in [6, 6.07) is 17.0. The van der Waals surface area contributed by atoms with Gasteiger partial charge in [0.1, 0.15) is 5.50 Å². The van der Waals surface area contributed by atoms with Crippen molar-refractivity contribution < 1.29 is 4.79 Å². The van der Waals surface area contributed by atoms with Gasteiger partial charge in [-0.1, -0.05) is 42.1 Å². The second-order valence-corrected chi connectivity index (χ2v) is 5.18. The first-order valence-corrected chi connectivity index (χ1v) is 6.55. The monoisotopic (exact) mass is 256 g/mol. The van der Waals surface area contributed by atoms with Crippen molar-refractivity contribution in [1.82, 2.24) is 0 Å². The molecule has 0 radical (unpaired) electrons. The van der Waals surface area contributed by atoms with Gasteiger partial charge in [0.25, 0.3) is 5.91 Å². The molecule has 4 heteroatoms. The zero-order valence-corrected chi connectivity index (χ0v) is 10.4. The Morgan fingerprint density at radius 1 is 1.06 bits per heavy atom. The minimum atomic E-state index is -0.352. The maximum atomic E-state index is 12.5. The van der Waals surface area contributed by atoms with E-state index in [0.717, 1.165) is 10.6 Å². The molecule has 2 N–H and O–H groups in total. The number of nitrogens with two attached hydrogens (primary N) is 1. The highest BCUT2D eigenvalue weighted by Gasteiger charge is 2.32. The van der Waals surface area contributed by atoms with Crippen LogP contribution in [0.15, 0.2) is 59.5 Å². The Morgan fingerprint density at radius 2 is 1.72 bits per heavy atom. The first-order valence-electron chi connectivity index (χ1n) is 5.67. The molecular weight excluding hydrogens is 244 g/mol. The third-order valence-electron chi connectivity index (χ3n) is 2.87. The zero-order chi connectivity index (χ0) is 12.5. The number of rotatable bonds is 1. The normalized spacial score (nSPS) is 17.6. The predicted octanol–water partition coefficient (Wildman–Crippen LogP) is 2.68. The van der Waals surface area contributed by atoms with E-state index in [1.54, 1.807) is 17.0 Å². The fourth-order valence-corrected chi connectivity index (χ4v) is 3.04. The van der Waals surface area contributed by atoms with Crippen LogP contribution in [0.3, 0.4) is 0 Å². The average molecular weight is 256 g/mol. The number of carbonyl (C=O) groups is 1. The number of nitrogens with zero attached hydrogens (tertiary/aromatic N) is 1. The topological polar surface area (TPSA) is 46.3 Å². The molecule has 0 fully saturated rings. The van der Waals surface area contributed by atoms with Gasteiger partial charge in [0, 0.05) is 10.5 Å². The van der Waals surface area contributed by atoms with E-state index in [0.29, 0.717) is 5.56 Å². The molecule has 0 aliphatic carbocycles. The molecule has 0 aromatic heterocycles. The lowest BCUT2D eigenvalue weighted by atomic mass is 10.2. The fourth-order valence-electron chi connectivity index (χ4n) is 2.02. The van der Waals surface area contributed by atoms with Crippen LogP contribution in [-0.2, 0) is 0 Å². The van der Waals surface area contributed by atoms with Gasteiger partial charge in [-0.25, -0.2) is 0 Å². The van der Waals surface area contributed by atoms with Crippen molar-refractivity contribution in [3.05, 3.63) is 60.2 Å². The van der Waals surface area contributed by atoms with Crippen molar-refractivity contribution in [1.29, 1.82) is 0 Å². The summed E-state index contributed by atoms with van der Waals surface area (Å²) in [5, 5.41) is 0. The maximum Gasteiger partial charge on any atom is 0.260 e. The summed E-state index contributed by atoms with van der Waals surface area (Å²) >= 11 is 1.50. The fraction of sp³-hybridized carbons (Fsp3) is 0.0714. The molecule has 1 amide bonds. The van der Waals surface area contributed by atoms with Crippen LogP contribution < -0.4 is 10.6 Å². The summed E-state index contributed by atoms with van der Waals surface area (Å²) in [6.07, 6.45) is 0. The smallest absolute Gasteiger partial charge is 0.260 e. The molecule has 1 atom stereocenters.